The molecule has 1 aliphatic carbocycles. The minimum atomic E-state index is -0.210. The van der Waals surface area contributed by atoms with Gasteiger partial charge in [-0.2, -0.15) is 0 Å². The molecule has 4 nitrogen and oxygen atoms in total. The summed E-state index contributed by atoms with van der Waals surface area (Å²) in [5.41, 5.74) is 2.74. The summed E-state index contributed by atoms with van der Waals surface area (Å²) in [5, 5.41) is 4.44. The standard InChI is InChI=1S/C23H25Cl2N3O/c1-15(26-23(29)16-8-3-2-4-9-16)22-27-20-12-5-6-13-21(20)28(22)14-17-18(24)10-7-11-19(17)25/h5-7,10-13,15-16H,2-4,8-9,14H2,1H3,(H,26,29). The molecule has 1 atom stereocenters. The Morgan fingerprint density at radius 3 is 2.52 bits per heavy atom. The highest BCUT2D eigenvalue weighted by Crippen LogP contribution is 2.30. The lowest BCUT2D eigenvalue weighted by atomic mass is 9.88. The lowest BCUT2D eigenvalue weighted by Crippen LogP contribution is -2.35. The normalized spacial score (nSPS) is 16.1. The van der Waals surface area contributed by atoms with Crippen LogP contribution >= 0.6 is 23.2 Å². The van der Waals surface area contributed by atoms with Crippen LogP contribution < -0.4 is 5.32 Å². The number of hydrogen-bond donors (Lipinski definition) is 1. The molecule has 0 aliphatic heterocycles. The van der Waals surface area contributed by atoms with E-state index in [4.69, 9.17) is 28.2 Å². The minimum absolute atomic E-state index is 0.113. The number of nitrogens with one attached hydrogen (secondary N) is 1. The lowest BCUT2D eigenvalue weighted by molar-refractivity contribution is -0.126. The number of hydrogen-bond acceptors (Lipinski definition) is 2. The molecule has 2 aromatic carbocycles. The second-order valence-corrected chi connectivity index (χ2v) is 8.62. The van der Waals surface area contributed by atoms with Crippen LogP contribution in [0.5, 0.6) is 0 Å². The van der Waals surface area contributed by atoms with Crippen molar-refractivity contribution in [2.24, 2.45) is 5.92 Å². The van der Waals surface area contributed by atoms with Crippen LogP contribution in [0.2, 0.25) is 10.0 Å². The summed E-state index contributed by atoms with van der Waals surface area (Å²) in [5.74, 6) is 1.06. The van der Waals surface area contributed by atoms with Crippen molar-refractivity contribution in [2.45, 2.75) is 51.6 Å². The summed E-state index contributed by atoms with van der Waals surface area (Å²) in [6.45, 7) is 2.49. The van der Waals surface area contributed by atoms with E-state index in [2.05, 4.69) is 9.88 Å². The van der Waals surface area contributed by atoms with Gasteiger partial charge in [0.05, 0.1) is 23.6 Å². The molecule has 1 amide bonds. The van der Waals surface area contributed by atoms with E-state index < -0.39 is 0 Å². The smallest absolute Gasteiger partial charge is 0.223 e. The van der Waals surface area contributed by atoms with E-state index in [9.17, 15) is 4.79 Å². The zero-order valence-electron chi connectivity index (χ0n) is 16.5. The number of aromatic nitrogens is 2. The van der Waals surface area contributed by atoms with Crippen molar-refractivity contribution in [3.63, 3.8) is 0 Å². The summed E-state index contributed by atoms with van der Waals surface area (Å²) >= 11 is 12.9. The van der Waals surface area contributed by atoms with Crippen LogP contribution in [0.3, 0.4) is 0 Å². The van der Waals surface area contributed by atoms with Gasteiger partial charge in [0.2, 0.25) is 5.91 Å². The fraction of sp³-hybridized carbons (Fsp3) is 0.391. The average Bonchev–Trinajstić information content (AvgIpc) is 3.10. The number of benzene rings is 2. The molecule has 29 heavy (non-hydrogen) atoms. The van der Waals surface area contributed by atoms with Crippen LogP contribution in [0.1, 0.15) is 56.5 Å². The molecule has 1 aliphatic rings. The Morgan fingerprint density at radius 2 is 1.79 bits per heavy atom. The van der Waals surface area contributed by atoms with Gasteiger partial charge in [0.25, 0.3) is 0 Å². The molecule has 0 bridgehead atoms. The van der Waals surface area contributed by atoms with Crippen LogP contribution in [0.25, 0.3) is 11.0 Å². The number of carbonyl (C=O) groups excluding carboxylic acids is 1. The van der Waals surface area contributed by atoms with Crippen LogP contribution in [0, 0.1) is 5.92 Å². The molecular formula is C23H25Cl2N3O. The van der Waals surface area contributed by atoms with Gasteiger partial charge in [0.15, 0.2) is 0 Å². The quantitative estimate of drug-likeness (QED) is 0.528. The Morgan fingerprint density at radius 1 is 1.10 bits per heavy atom. The molecular weight excluding hydrogens is 405 g/mol. The summed E-state index contributed by atoms with van der Waals surface area (Å²) in [4.78, 5) is 17.6. The average molecular weight is 430 g/mol. The van der Waals surface area contributed by atoms with Gasteiger partial charge in [-0.25, -0.2) is 4.98 Å². The zero-order valence-corrected chi connectivity index (χ0v) is 18.0. The van der Waals surface area contributed by atoms with Crippen molar-refractivity contribution in [1.29, 1.82) is 0 Å². The molecule has 6 heteroatoms. The Labute approximate surface area is 181 Å². The highest BCUT2D eigenvalue weighted by molar-refractivity contribution is 6.36. The first-order chi connectivity index (χ1) is 14.0. The number of imidazole rings is 1. The first-order valence-corrected chi connectivity index (χ1v) is 11.0. The second kappa shape index (κ2) is 8.76. The Kier molecular flexibility index (Phi) is 6.12. The van der Waals surface area contributed by atoms with Crippen molar-refractivity contribution in [3.05, 3.63) is 63.9 Å². The van der Waals surface area contributed by atoms with E-state index in [0.29, 0.717) is 16.6 Å². The van der Waals surface area contributed by atoms with E-state index in [1.54, 1.807) is 0 Å². The third-order valence-corrected chi connectivity index (χ3v) is 6.49. The predicted octanol–water partition coefficient (Wildman–Crippen LogP) is 6.15. The molecule has 0 saturated heterocycles. The van der Waals surface area contributed by atoms with Crippen molar-refractivity contribution in [2.75, 3.05) is 0 Å². The number of halogens is 2. The maximum atomic E-state index is 12.8. The van der Waals surface area contributed by atoms with Crippen molar-refractivity contribution in [3.8, 4) is 0 Å². The molecule has 1 saturated carbocycles. The Hall–Kier alpha value is -2.04. The van der Waals surface area contributed by atoms with Gasteiger partial charge in [-0.05, 0) is 44.0 Å². The fourth-order valence-electron chi connectivity index (χ4n) is 4.19. The van der Waals surface area contributed by atoms with E-state index in [1.807, 2.05) is 49.4 Å². The van der Waals surface area contributed by atoms with Crippen molar-refractivity contribution in [1.82, 2.24) is 14.9 Å². The van der Waals surface area contributed by atoms with E-state index in [-0.39, 0.29) is 17.9 Å². The summed E-state index contributed by atoms with van der Waals surface area (Å²) in [6.07, 6.45) is 5.45. The lowest BCUT2D eigenvalue weighted by Gasteiger charge is -2.23. The van der Waals surface area contributed by atoms with E-state index >= 15 is 0 Å². The molecule has 1 N–H and O–H groups in total. The third kappa shape index (κ3) is 4.29. The maximum Gasteiger partial charge on any atom is 0.223 e. The predicted molar refractivity (Wildman–Crippen MR) is 118 cm³/mol. The van der Waals surface area contributed by atoms with E-state index in [0.717, 1.165) is 48.1 Å². The number of fused-ring (bicyclic) bond motifs is 1. The number of nitrogens with zero attached hydrogens (tertiary/aromatic N) is 2. The Balaban J connectivity index is 1.66. The molecule has 1 aromatic heterocycles. The molecule has 0 spiro atoms. The van der Waals surface area contributed by atoms with Crippen molar-refractivity contribution >= 4 is 40.1 Å². The monoisotopic (exact) mass is 429 g/mol. The van der Waals surface area contributed by atoms with Gasteiger partial charge in [-0.1, -0.05) is 60.7 Å². The largest absolute Gasteiger partial charge is 0.346 e. The van der Waals surface area contributed by atoms with Gasteiger partial charge < -0.3 is 9.88 Å². The van der Waals surface area contributed by atoms with Crippen LogP contribution in [-0.2, 0) is 11.3 Å². The van der Waals surface area contributed by atoms with Gasteiger partial charge in [-0.15, -0.1) is 0 Å². The van der Waals surface area contributed by atoms with Crippen molar-refractivity contribution < 1.29 is 4.79 Å². The highest BCUT2D eigenvalue weighted by Gasteiger charge is 2.25. The van der Waals surface area contributed by atoms with Gasteiger partial charge in [0.1, 0.15) is 5.82 Å². The zero-order chi connectivity index (χ0) is 20.4. The third-order valence-electron chi connectivity index (χ3n) is 5.78. The fourth-order valence-corrected chi connectivity index (χ4v) is 4.71. The highest BCUT2D eigenvalue weighted by atomic mass is 35.5. The number of rotatable bonds is 5. The topological polar surface area (TPSA) is 46.9 Å². The molecule has 3 aromatic rings. The minimum Gasteiger partial charge on any atom is -0.346 e. The summed E-state index contributed by atoms with van der Waals surface area (Å²) in [7, 11) is 0. The first kappa shape index (κ1) is 20.2. The summed E-state index contributed by atoms with van der Waals surface area (Å²) < 4.78 is 2.11. The molecule has 1 fully saturated rings. The molecule has 1 heterocycles. The van der Waals surface area contributed by atoms with Gasteiger partial charge in [-0.3, -0.25) is 4.79 Å². The molecule has 152 valence electrons. The van der Waals surface area contributed by atoms with Crippen LogP contribution in [-0.4, -0.2) is 15.5 Å². The van der Waals surface area contributed by atoms with E-state index in [1.165, 1.54) is 6.42 Å². The maximum absolute atomic E-state index is 12.8. The first-order valence-electron chi connectivity index (χ1n) is 10.2. The number of carbonyl (C=O) groups is 1. The Bertz CT molecular complexity index is 1000. The van der Waals surface area contributed by atoms with Crippen LogP contribution in [0.4, 0.5) is 0 Å². The van der Waals surface area contributed by atoms with Gasteiger partial charge >= 0.3 is 0 Å². The molecule has 0 radical (unpaired) electrons. The molecule has 1 unspecified atom stereocenters. The van der Waals surface area contributed by atoms with Gasteiger partial charge in [0, 0.05) is 21.5 Å². The second-order valence-electron chi connectivity index (χ2n) is 7.81. The number of amides is 1. The SMILES string of the molecule is CC(NC(=O)C1CCCCC1)c1nc2ccccc2n1Cc1c(Cl)cccc1Cl. The molecule has 4 rings (SSSR count). The summed E-state index contributed by atoms with van der Waals surface area (Å²) in [6, 6.07) is 13.3. The van der Waals surface area contributed by atoms with Crippen LogP contribution in [0.15, 0.2) is 42.5 Å². The number of para-hydroxylation sites is 2.